The average molecular weight is 337 g/mol. The number of nitrogens with zero attached hydrogens (tertiary/aromatic N) is 1. The van der Waals surface area contributed by atoms with Crippen molar-refractivity contribution in [1.29, 1.82) is 0 Å². The quantitative estimate of drug-likeness (QED) is 0.867. The van der Waals surface area contributed by atoms with E-state index in [9.17, 15) is 9.90 Å². The number of aromatic hydroxyl groups is 1. The van der Waals surface area contributed by atoms with Crippen LogP contribution in [-0.2, 0) is 4.79 Å². The van der Waals surface area contributed by atoms with E-state index in [-0.39, 0.29) is 11.7 Å². The van der Waals surface area contributed by atoms with Gasteiger partial charge in [0.1, 0.15) is 5.75 Å². The molecule has 1 saturated heterocycles. The number of likely N-dealkylation sites (tertiary alicyclic amines) is 1. The van der Waals surface area contributed by atoms with Crippen LogP contribution >= 0.6 is 11.6 Å². The Labute approximate surface area is 143 Å². The molecule has 1 fully saturated rings. The van der Waals surface area contributed by atoms with E-state index in [1.165, 1.54) is 5.57 Å². The number of phenols is 1. The van der Waals surface area contributed by atoms with Gasteiger partial charge < -0.3 is 10.4 Å². The number of hydrogen-bond donors (Lipinski definition) is 2. The highest BCUT2D eigenvalue weighted by atomic mass is 35.5. The highest BCUT2D eigenvalue weighted by molar-refractivity contribution is 6.30. The zero-order chi connectivity index (χ0) is 16.8. The number of rotatable bonds is 5. The Balaban J connectivity index is 1.93. The number of carbonyl (C=O) groups is 1. The van der Waals surface area contributed by atoms with Crippen LogP contribution in [0, 0.1) is 5.92 Å². The van der Waals surface area contributed by atoms with Crippen LogP contribution in [0.5, 0.6) is 5.75 Å². The minimum Gasteiger partial charge on any atom is -0.507 e. The van der Waals surface area contributed by atoms with E-state index in [1.54, 1.807) is 25.1 Å². The molecule has 1 aromatic carbocycles. The zero-order valence-electron chi connectivity index (χ0n) is 13.8. The molecule has 0 radical (unpaired) electrons. The maximum atomic E-state index is 11.0. The summed E-state index contributed by atoms with van der Waals surface area (Å²) in [5.74, 6) is 0.797. The van der Waals surface area contributed by atoms with Gasteiger partial charge in [-0.25, -0.2) is 0 Å². The smallest absolute Gasteiger partial charge is 0.216 e. The first-order valence-corrected chi connectivity index (χ1v) is 8.44. The third-order valence-electron chi connectivity index (χ3n) is 4.11. The van der Waals surface area contributed by atoms with Crippen molar-refractivity contribution in [2.24, 2.45) is 5.92 Å². The van der Waals surface area contributed by atoms with Gasteiger partial charge in [-0.2, -0.15) is 0 Å². The number of phenolic OH excluding ortho intramolecular Hbond substituents is 1. The number of nitrogens with one attached hydrogen (secondary N) is 1. The number of benzene rings is 1. The molecule has 0 spiro atoms. The van der Waals surface area contributed by atoms with Crippen LogP contribution < -0.4 is 5.32 Å². The van der Waals surface area contributed by atoms with Crippen molar-refractivity contribution in [2.75, 3.05) is 26.2 Å². The third kappa shape index (κ3) is 5.88. The van der Waals surface area contributed by atoms with E-state index in [0.717, 1.165) is 44.6 Å². The van der Waals surface area contributed by atoms with Crippen molar-refractivity contribution >= 4 is 23.6 Å². The van der Waals surface area contributed by atoms with Crippen molar-refractivity contribution in [2.45, 2.75) is 26.7 Å². The fourth-order valence-electron chi connectivity index (χ4n) is 3.05. The molecule has 23 heavy (non-hydrogen) atoms. The molecule has 4 nitrogen and oxygen atoms in total. The summed E-state index contributed by atoms with van der Waals surface area (Å²) < 4.78 is 0. The lowest BCUT2D eigenvalue weighted by Gasteiger charge is -2.33. The first-order chi connectivity index (χ1) is 10.9. The van der Waals surface area contributed by atoms with Gasteiger partial charge in [0.2, 0.25) is 5.91 Å². The second-order valence-electron chi connectivity index (χ2n) is 6.37. The molecular weight excluding hydrogens is 312 g/mol. The lowest BCUT2D eigenvalue weighted by atomic mass is 9.97. The van der Waals surface area contributed by atoms with Gasteiger partial charge in [-0.1, -0.05) is 23.3 Å². The summed E-state index contributed by atoms with van der Waals surface area (Å²) >= 11 is 5.99. The van der Waals surface area contributed by atoms with Crippen molar-refractivity contribution in [1.82, 2.24) is 10.2 Å². The summed E-state index contributed by atoms with van der Waals surface area (Å²) in [4.78, 5) is 13.4. The maximum Gasteiger partial charge on any atom is 0.216 e. The number of piperidine rings is 1. The molecule has 1 amide bonds. The van der Waals surface area contributed by atoms with Crippen LogP contribution in [0.1, 0.15) is 32.3 Å². The Hall–Kier alpha value is -1.52. The molecule has 126 valence electrons. The van der Waals surface area contributed by atoms with Crippen molar-refractivity contribution in [3.63, 3.8) is 0 Å². The third-order valence-corrected chi connectivity index (χ3v) is 4.34. The largest absolute Gasteiger partial charge is 0.507 e. The molecule has 2 N–H and O–H groups in total. The van der Waals surface area contributed by atoms with E-state index < -0.39 is 0 Å². The first kappa shape index (κ1) is 17.8. The molecule has 1 aromatic rings. The second kappa shape index (κ2) is 8.37. The zero-order valence-corrected chi connectivity index (χ0v) is 14.6. The van der Waals surface area contributed by atoms with Gasteiger partial charge in [0.25, 0.3) is 0 Å². The fourth-order valence-corrected chi connectivity index (χ4v) is 3.23. The van der Waals surface area contributed by atoms with Gasteiger partial charge in [-0.15, -0.1) is 0 Å². The molecule has 0 bridgehead atoms. The van der Waals surface area contributed by atoms with Crippen LogP contribution in [0.25, 0.3) is 6.08 Å². The lowest BCUT2D eigenvalue weighted by Crippen LogP contribution is -2.41. The predicted molar refractivity (Wildman–Crippen MR) is 94.6 cm³/mol. The summed E-state index contributed by atoms with van der Waals surface area (Å²) in [6.07, 6.45) is 4.30. The Kier molecular flexibility index (Phi) is 6.48. The summed E-state index contributed by atoms with van der Waals surface area (Å²) in [6, 6.07) is 5.07. The normalized spacial score (nSPS) is 19.6. The topological polar surface area (TPSA) is 52.6 Å². The molecule has 1 heterocycles. The summed E-state index contributed by atoms with van der Waals surface area (Å²) in [5, 5.41) is 13.4. The van der Waals surface area contributed by atoms with Crippen molar-refractivity contribution in [3.8, 4) is 5.75 Å². The van der Waals surface area contributed by atoms with E-state index in [4.69, 9.17) is 11.6 Å². The Morgan fingerprint density at radius 3 is 3.00 bits per heavy atom. The minimum atomic E-state index is 0.0367. The van der Waals surface area contributed by atoms with E-state index >= 15 is 0 Å². The molecule has 1 aliphatic heterocycles. The van der Waals surface area contributed by atoms with Gasteiger partial charge in [0, 0.05) is 37.1 Å². The van der Waals surface area contributed by atoms with Gasteiger partial charge >= 0.3 is 0 Å². The minimum absolute atomic E-state index is 0.0367. The summed E-state index contributed by atoms with van der Waals surface area (Å²) in [7, 11) is 0. The van der Waals surface area contributed by atoms with Crippen LogP contribution in [0.15, 0.2) is 23.8 Å². The van der Waals surface area contributed by atoms with Gasteiger partial charge in [-0.3, -0.25) is 9.69 Å². The summed E-state index contributed by atoms with van der Waals surface area (Å²) in [6.45, 7) is 7.31. The highest BCUT2D eigenvalue weighted by Crippen LogP contribution is 2.24. The number of halogens is 1. The molecule has 1 aliphatic rings. The van der Waals surface area contributed by atoms with E-state index in [1.807, 2.05) is 6.08 Å². The molecule has 0 aromatic heterocycles. The molecule has 0 saturated carbocycles. The molecule has 0 unspecified atom stereocenters. The number of amides is 1. The predicted octanol–water partition coefficient (Wildman–Crippen LogP) is 3.30. The van der Waals surface area contributed by atoms with Crippen molar-refractivity contribution in [3.05, 3.63) is 34.4 Å². The SMILES string of the molecule is CC(=O)NC[C@H]1CCCN(C/C(C)=C/c2cc(Cl)ccc2O)C1. The highest BCUT2D eigenvalue weighted by Gasteiger charge is 2.20. The fraction of sp³-hybridized carbons (Fsp3) is 0.500. The standard InChI is InChI=1S/C18H25ClN2O2/c1-13(8-16-9-17(19)5-6-18(16)23)11-21-7-3-4-15(12-21)10-20-14(2)22/h5-6,8-9,15,23H,3-4,7,10-12H2,1-2H3,(H,20,22)/b13-8+/t15-/m1/s1. The molecular formula is C18H25ClN2O2. The lowest BCUT2D eigenvalue weighted by molar-refractivity contribution is -0.119. The Bertz CT molecular complexity index is 586. The van der Waals surface area contributed by atoms with E-state index in [2.05, 4.69) is 17.1 Å². The molecule has 0 aliphatic carbocycles. The second-order valence-corrected chi connectivity index (χ2v) is 6.81. The first-order valence-electron chi connectivity index (χ1n) is 8.06. The molecule has 5 heteroatoms. The summed E-state index contributed by atoms with van der Waals surface area (Å²) in [5.41, 5.74) is 1.93. The van der Waals surface area contributed by atoms with Crippen LogP contribution in [0.4, 0.5) is 0 Å². The number of hydrogen-bond acceptors (Lipinski definition) is 3. The van der Waals surface area contributed by atoms with Gasteiger partial charge in [-0.05, 0) is 50.4 Å². The van der Waals surface area contributed by atoms with E-state index in [0.29, 0.717) is 10.9 Å². The van der Waals surface area contributed by atoms with Crippen LogP contribution in [-0.4, -0.2) is 42.1 Å². The molecule has 1 atom stereocenters. The average Bonchev–Trinajstić information content (AvgIpc) is 2.49. The van der Waals surface area contributed by atoms with Gasteiger partial charge in [0.05, 0.1) is 0 Å². The molecule has 2 rings (SSSR count). The van der Waals surface area contributed by atoms with Crippen molar-refractivity contribution < 1.29 is 9.90 Å². The van der Waals surface area contributed by atoms with Crippen LogP contribution in [0.2, 0.25) is 5.02 Å². The monoisotopic (exact) mass is 336 g/mol. The maximum absolute atomic E-state index is 11.0. The Morgan fingerprint density at radius 2 is 2.26 bits per heavy atom. The Morgan fingerprint density at radius 1 is 1.48 bits per heavy atom. The number of carbonyl (C=O) groups excluding carboxylic acids is 1. The van der Waals surface area contributed by atoms with Crippen LogP contribution in [0.3, 0.4) is 0 Å². The van der Waals surface area contributed by atoms with Gasteiger partial charge in [0.15, 0.2) is 0 Å².